The van der Waals surface area contributed by atoms with Gasteiger partial charge in [0.25, 0.3) is 5.91 Å². The molecule has 26 heavy (non-hydrogen) atoms. The van der Waals surface area contributed by atoms with Crippen LogP contribution in [0.5, 0.6) is 0 Å². The van der Waals surface area contributed by atoms with Gasteiger partial charge in [-0.25, -0.2) is 0 Å². The number of rotatable bonds is 6. The number of piperidine rings is 1. The highest BCUT2D eigenvalue weighted by Crippen LogP contribution is 2.16. The lowest BCUT2D eigenvalue weighted by Crippen LogP contribution is -2.29. The summed E-state index contributed by atoms with van der Waals surface area (Å²) < 4.78 is 0. The van der Waals surface area contributed by atoms with Crippen molar-refractivity contribution in [2.45, 2.75) is 52.1 Å². The van der Waals surface area contributed by atoms with Crippen LogP contribution in [0.3, 0.4) is 0 Å². The predicted molar refractivity (Wildman–Crippen MR) is 107 cm³/mol. The van der Waals surface area contributed by atoms with Gasteiger partial charge in [0, 0.05) is 12.1 Å². The Morgan fingerprint density at radius 2 is 1.58 bits per heavy atom. The van der Waals surface area contributed by atoms with Crippen molar-refractivity contribution in [3.8, 4) is 0 Å². The largest absolute Gasteiger partial charge is 0.346 e. The maximum atomic E-state index is 12.5. The van der Waals surface area contributed by atoms with E-state index in [-0.39, 0.29) is 11.9 Å². The summed E-state index contributed by atoms with van der Waals surface area (Å²) in [7, 11) is 0. The second-order valence-electron chi connectivity index (χ2n) is 7.32. The van der Waals surface area contributed by atoms with Crippen LogP contribution in [-0.4, -0.2) is 23.9 Å². The van der Waals surface area contributed by atoms with E-state index in [1.54, 1.807) is 0 Å². The Balaban J connectivity index is 1.56. The van der Waals surface area contributed by atoms with Crippen molar-refractivity contribution >= 4 is 5.91 Å². The van der Waals surface area contributed by atoms with Crippen LogP contribution in [0.4, 0.5) is 0 Å². The van der Waals surface area contributed by atoms with Gasteiger partial charge in [-0.2, -0.15) is 0 Å². The van der Waals surface area contributed by atoms with E-state index in [0.29, 0.717) is 0 Å². The maximum Gasteiger partial charge on any atom is 0.251 e. The molecule has 1 heterocycles. The first kappa shape index (κ1) is 18.7. The summed E-state index contributed by atoms with van der Waals surface area (Å²) in [4.78, 5) is 15.0. The minimum Gasteiger partial charge on any atom is -0.346 e. The summed E-state index contributed by atoms with van der Waals surface area (Å²) in [6, 6.07) is 16.5. The second-order valence-corrected chi connectivity index (χ2v) is 7.32. The monoisotopic (exact) mass is 350 g/mol. The van der Waals surface area contributed by atoms with Crippen LogP contribution >= 0.6 is 0 Å². The highest BCUT2D eigenvalue weighted by Gasteiger charge is 2.13. The third-order valence-electron chi connectivity index (χ3n) is 5.31. The van der Waals surface area contributed by atoms with Crippen molar-refractivity contribution in [1.82, 2.24) is 10.2 Å². The smallest absolute Gasteiger partial charge is 0.251 e. The van der Waals surface area contributed by atoms with E-state index in [1.165, 1.54) is 43.5 Å². The summed E-state index contributed by atoms with van der Waals surface area (Å²) in [5.41, 5.74) is 4.46. The van der Waals surface area contributed by atoms with Gasteiger partial charge in [0.15, 0.2) is 0 Å². The Morgan fingerprint density at radius 3 is 2.19 bits per heavy atom. The topological polar surface area (TPSA) is 32.3 Å². The molecule has 0 spiro atoms. The maximum absolute atomic E-state index is 12.5. The fourth-order valence-electron chi connectivity index (χ4n) is 3.54. The van der Waals surface area contributed by atoms with Gasteiger partial charge in [0.1, 0.15) is 0 Å². The highest BCUT2D eigenvalue weighted by atomic mass is 16.1. The zero-order valence-electron chi connectivity index (χ0n) is 16.0. The highest BCUT2D eigenvalue weighted by molar-refractivity contribution is 5.94. The molecule has 1 atom stereocenters. The molecule has 3 rings (SSSR count). The lowest BCUT2D eigenvalue weighted by atomic mass is 10.0. The molecule has 1 N–H and O–H groups in total. The molecule has 3 nitrogen and oxygen atoms in total. The molecule has 2 aromatic carbocycles. The Kier molecular flexibility index (Phi) is 6.45. The standard InChI is InChI=1S/C23H30N2O/c1-3-19-7-11-21(12-8-19)18(2)24-23(26)22-13-9-20(10-14-22)17-25-15-5-4-6-16-25/h7-14,18H,3-6,15-17H2,1-2H3,(H,24,26). The van der Waals surface area contributed by atoms with Gasteiger partial charge in [-0.1, -0.05) is 49.7 Å². The van der Waals surface area contributed by atoms with Gasteiger partial charge in [-0.3, -0.25) is 9.69 Å². The Bertz CT molecular complexity index is 700. The number of carbonyl (C=O) groups is 1. The summed E-state index contributed by atoms with van der Waals surface area (Å²) in [5.74, 6) is -0.0124. The molecule has 3 heteroatoms. The lowest BCUT2D eigenvalue weighted by molar-refractivity contribution is 0.0940. The molecule has 1 amide bonds. The molecule has 0 saturated carbocycles. The zero-order valence-corrected chi connectivity index (χ0v) is 16.0. The number of carbonyl (C=O) groups excluding carboxylic acids is 1. The molecular formula is C23H30N2O. The van der Waals surface area contributed by atoms with Gasteiger partial charge < -0.3 is 5.32 Å². The summed E-state index contributed by atoms with van der Waals surface area (Å²) >= 11 is 0. The third-order valence-corrected chi connectivity index (χ3v) is 5.31. The molecule has 0 radical (unpaired) electrons. The normalized spacial score (nSPS) is 16.2. The van der Waals surface area contributed by atoms with Crippen molar-refractivity contribution in [1.29, 1.82) is 0 Å². The molecule has 0 aromatic heterocycles. The minimum absolute atomic E-state index is 0.00133. The number of likely N-dealkylation sites (tertiary alicyclic amines) is 1. The van der Waals surface area contributed by atoms with Crippen molar-refractivity contribution in [3.63, 3.8) is 0 Å². The van der Waals surface area contributed by atoms with Gasteiger partial charge in [0.05, 0.1) is 6.04 Å². The van der Waals surface area contributed by atoms with Gasteiger partial charge in [-0.15, -0.1) is 0 Å². The lowest BCUT2D eigenvalue weighted by Gasteiger charge is -2.26. The van der Waals surface area contributed by atoms with Crippen LogP contribution in [-0.2, 0) is 13.0 Å². The fourth-order valence-corrected chi connectivity index (χ4v) is 3.54. The number of benzene rings is 2. The fraction of sp³-hybridized carbons (Fsp3) is 0.435. The Hall–Kier alpha value is -2.13. The van der Waals surface area contributed by atoms with Crippen LogP contribution in [0.15, 0.2) is 48.5 Å². The van der Waals surface area contributed by atoms with E-state index < -0.39 is 0 Å². The predicted octanol–water partition coefficient (Wildman–Crippen LogP) is 4.73. The van der Waals surface area contributed by atoms with Gasteiger partial charge in [0.2, 0.25) is 0 Å². The van der Waals surface area contributed by atoms with Crippen LogP contribution in [0.2, 0.25) is 0 Å². The van der Waals surface area contributed by atoms with Crippen LogP contribution < -0.4 is 5.32 Å². The van der Waals surface area contributed by atoms with E-state index in [4.69, 9.17) is 0 Å². The van der Waals surface area contributed by atoms with E-state index >= 15 is 0 Å². The molecule has 2 aromatic rings. The number of hydrogen-bond acceptors (Lipinski definition) is 2. The van der Waals surface area contributed by atoms with Crippen molar-refractivity contribution in [3.05, 3.63) is 70.8 Å². The van der Waals surface area contributed by atoms with Crippen LogP contribution in [0.25, 0.3) is 0 Å². The summed E-state index contributed by atoms with van der Waals surface area (Å²) in [6.07, 6.45) is 5.00. The first-order valence-corrected chi connectivity index (χ1v) is 9.86. The third kappa shape index (κ3) is 4.95. The molecular weight excluding hydrogens is 320 g/mol. The number of nitrogens with zero attached hydrogens (tertiary/aromatic N) is 1. The Labute approximate surface area is 157 Å². The molecule has 138 valence electrons. The van der Waals surface area contributed by atoms with E-state index in [0.717, 1.165) is 24.1 Å². The van der Waals surface area contributed by atoms with Crippen molar-refractivity contribution in [2.24, 2.45) is 0 Å². The van der Waals surface area contributed by atoms with Crippen LogP contribution in [0.1, 0.15) is 66.2 Å². The van der Waals surface area contributed by atoms with Gasteiger partial charge >= 0.3 is 0 Å². The SMILES string of the molecule is CCc1ccc(C(C)NC(=O)c2ccc(CN3CCCCC3)cc2)cc1. The molecule has 1 fully saturated rings. The summed E-state index contributed by atoms with van der Waals surface area (Å²) in [6.45, 7) is 7.55. The quantitative estimate of drug-likeness (QED) is 0.817. The molecule has 0 bridgehead atoms. The molecule has 1 saturated heterocycles. The molecule has 1 unspecified atom stereocenters. The van der Waals surface area contributed by atoms with Gasteiger partial charge in [-0.05, 0) is 68.1 Å². The zero-order chi connectivity index (χ0) is 18.4. The number of amides is 1. The Morgan fingerprint density at radius 1 is 0.962 bits per heavy atom. The average Bonchev–Trinajstić information content (AvgIpc) is 2.69. The van der Waals surface area contributed by atoms with E-state index in [2.05, 4.69) is 53.5 Å². The first-order valence-electron chi connectivity index (χ1n) is 9.86. The second kappa shape index (κ2) is 9.00. The van der Waals surface area contributed by atoms with Crippen molar-refractivity contribution in [2.75, 3.05) is 13.1 Å². The molecule has 1 aliphatic heterocycles. The first-order chi connectivity index (χ1) is 12.7. The van der Waals surface area contributed by atoms with Crippen LogP contribution in [0, 0.1) is 0 Å². The van der Waals surface area contributed by atoms with E-state index in [9.17, 15) is 4.79 Å². The number of hydrogen-bond donors (Lipinski definition) is 1. The molecule has 1 aliphatic rings. The van der Waals surface area contributed by atoms with Crippen molar-refractivity contribution < 1.29 is 4.79 Å². The summed E-state index contributed by atoms with van der Waals surface area (Å²) in [5, 5.41) is 3.10. The number of nitrogens with one attached hydrogen (secondary N) is 1. The minimum atomic E-state index is -0.0124. The average molecular weight is 351 g/mol. The van der Waals surface area contributed by atoms with E-state index in [1.807, 2.05) is 19.1 Å². The molecule has 0 aliphatic carbocycles. The number of aryl methyl sites for hydroxylation is 1.